The fourth-order valence-corrected chi connectivity index (χ4v) is 2.58. The normalized spacial score (nSPS) is 10.8. The molecule has 0 unspecified atom stereocenters. The van der Waals surface area contributed by atoms with Crippen molar-refractivity contribution in [2.24, 2.45) is 0 Å². The number of carbonyl (C=O) groups excluding carboxylic acids is 1. The first kappa shape index (κ1) is 16.7. The van der Waals surface area contributed by atoms with E-state index in [1.165, 1.54) is 24.3 Å². The van der Waals surface area contributed by atoms with Crippen LogP contribution >= 0.6 is 0 Å². The number of rotatable bonds is 6. The van der Waals surface area contributed by atoms with Gasteiger partial charge >= 0.3 is 22.3 Å². The minimum absolute atomic E-state index is 0.0268. The molecule has 21 heavy (non-hydrogen) atoms. The van der Waals surface area contributed by atoms with Crippen molar-refractivity contribution in [1.82, 2.24) is 4.72 Å². The van der Waals surface area contributed by atoms with Crippen LogP contribution in [0.15, 0.2) is 24.3 Å². The number of aliphatic hydroxyl groups excluding tert-OH is 1. The summed E-state index contributed by atoms with van der Waals surface area (Å²) in [6.07, 6.45) is -1.18. The molecule has 10 heteroatoms. The van der Waals surface area contributed by atoms with Crippen LogP contribution in [-0.4, -0.2) is 51.0 Å². The van der Waals surface area contributed by atoms with Gasteiger partial charge in [0.1, 0.15) is 0 Å². The van der Waals surface area contributed by atoms with Gasteiger partial charge in [-0.25, -0.2) is 14.3 Å². The van der Waals surface area contributed by atoms with Gasteiger partial charge in [-0.2, -0.15) is 8.42 Å². The lowest BCUT2D eigenvalue weighted by Crippen LogP contribution is -2.44. The second-order valence-electron chi connectivity index (χ2n) is 3.75. The van der Waals surface area contributed by atoms with E-state index in [9.17, 15) is 18.0 Å². The molecule has 0 saturated carbocycles. The van der Waals surface area contributed by atoms with E-state index in [2.05, 4.69) is 4.74 Å². The van der Waals surface area contributed by atoms with Crippen molar-refractivity contribution in [3.63, 3.8) is 0 Å². The summed E-state index contributed by atoms with van der Waals surface area (Å²) in [4.78, 5) is 21.8. The van der Waals surface area contributed by atoms with E-state index in [1.807, 2.05) is 0 Å². The second kappa shape index (κ2) is 6.90. The number of nitrogens with zero attached hydrogens (tertiary/aromatic N) is 1. The highest BCUT2D eigenvalue weighted by molar-refractivity contribution is 7.91. The maximum atomic E-state index is 12.0. The summed E-state index contributed by atoms with van der Waals surface area (Å²) in [6, 6.07) is 4.90. The number of carbonyl (C=O) groups is 2. The molecule has 1 amide bonds. The van der Waals surface area contributed by atoms with Gasteiger partial charge in [-0.05, 0) is 24.3 Å². The lowest BCUT2D eigenvalue weighted by Gasteiger charge is -2.23. The minimum atomic E-state index is -4.28. The highest BCUT2D eigenvalue weighted by Crippen LogP contribution is 2.18. The maximum Gasteiger partial charge on any atom is 0.422 e. The van der Waals surface area contributed by atoms with Gasteiger partial charge in [-0.3, -0.25) is 4.31 Å². The van der Waals surface area contributed by atoms with Gasteiger partial charge in [0.05, 0.1) is 31.5 Å². The zero-order valence-corrected chi connectivity index (χ0v) is 11.8. The molecule has 0 atom stereocenters. The number of anilines is 1. The quantitative estimate of drug-likeness (QED) is 0.660. The maximum absolute atomic E-state index is 12.0. The molecule has 0 aromatic heterocycles. The van der Waals surface area contributed by atoms with Crippen LogP contribution in [0, 0.1) is 0 Å². The van der Waals surface area contributed by atoms with Gasteiger partial charge in [0.15, 0.2) is 0 Å². The highest BCUT2D eigenvalue weighted by Gasteiger charge is 2.24. The van der Waals surface area contributed by atoms with Crippen LogP contribution in [0.1, 0.15) is 10.4 Å². The number of aromatic carboxylic acids is 1. The first-order valence-corrected chi connectivity index (χ1v) is 7.08. The summed E-state index contributed by atoms with van der Waals surface area (Å²) < 4.78 is 30.6. The zero-order chi connectivity index (χ0) is 16.0. The van der Waals surface area contributed by atoms with E-state index in [-0.39, 0.29) is 17.8 Å². The van der Waals surface area contributed by atoms with Crippen molar-refractivity contribution in [3.05, 3.63) is 29.8 Å². The van der Waals surface area contributed by atoms with Crippen molar-refractivity contribution < 1.29 is 33.0 Å². The summed E-state index contributed by atoms with van der Waals surface area (Å²) in [6.45, 7) is -0.818. The molecule has 0 radical (unpaired) electrons. The van der Waals surface area contributed by atoms with E-state index in [4.69, 9.17) is 10.2 Å². The van der Waals surface area contributed by atoms with E-state index in [1.54, 1.807) is 4.72 Å². The summed E-state index contributed by atoms with van der Waals surface area (Å²) in [5, 5.41) is 17.7. The van der Waals surface area contributed by atoms with Crippen LogP contribution in [-0.2, 0) is 14.9 Å². The molecule has 1 aromatic rings. The molecule has 0 saturated heterocycles. The molecular formula is C11H14N2O7S. The molecule has 0 spiro atoms. The SMILES string of the molecule is COC(=O)NS(=O)(=O)N(CCO)c1ccc(C(=O)O)cc1. The Morgan fingerprint density at radius 2 is 1.86 bits per heavy atom. The Bertz CT molecular complexity index is 612. The monoisotopic (exact) mass is 318 g/mol. The lowest BCUT2D eigenvalue weighted by atomic mass is 10.2. The number of carboxylic acid groups (broad SMARTS) is 1. The standard InChI is InChI=1S/C11H14N2O7S/c1-20-11(17)12-21(18,19)13(6-7-14)9-4-2-8(3-5-9)10(15)16/h2-5,14H,6-7H2,1H3,(H,12,17)(H,15,16). The van der Waals surface area contributed by atoms with Gasteiger partial charge in [0.2, 0.25) is 0 Å². The largest absolute Gasteiger partial charge is 0.478 e. The fraction of sp³-hybridized carbons (Fsp3) is 0.273. The summed E-state index contributed by atoms with van der Waals surface area (Å²) in [5.74, 6) is -1.16. The van der Waals surface area contributed by atoms with Gasteiger partial charge in [0, 0.05) is 0 Å². The molecular weight excluding hydrogens is 304 g/mol. The fourth-order valence-electron chi connectivity index (χ4n) is 1.45. The Hall–Kier alpha value is -2.33. The highest BCUT2D eigenvalue weighted by atomic mass is 32.2. The van der Waals surface area contributed by atoms with Crippen molar-refractivity contribution in [2.75, 3.05) is 24.6 Å². The number of aliphatic hydroxyl groups is 1. The van der Waals surface area contributed by atoms with Gasteiger partial charge in [-0.1, -0.05) is 0 Å². The third-order valence-electron chi connectivity index (χ3n) is 2.39. The number of hydrogen-bond acceptors (Lipinski definition) is 6. The van der Waals surface area contributed by atoms with E-state index < -0.39 is 28.9 Å². The second-order valence-corrected chi connectivity index (χ2v) is 5.34. The molecule has 1 rings (SSSR count). The van der Waals surface area contributed by atoms with Gasteiger partial charge in [0.25, 0.3) is 0 Å². The molecule has 3 N–H and O–H groups in total. The van der Waals surface area contributed by atoms with Gasteiger partial charge < -0.3 is 14.9 Å². The summed E-state index contributed by atoms with van der Waals surface area (Å²) in [7, 11) is -3.28. The van der Waals surface area contributed by atoms with Crippen LogP contribution < -0.4 is 9.03 Å². The first-order chi connectivity index (χ1) is 9.81. The summed E-state index contributed by atoms with van der Waals surface area (Å²) >= 11 is 0. The first-order valence-electron chi connectivity index (χ1n) is 5.64. The minimum Gasteiger partial charge on any atom is -0.478 e. The van der Waals surface area contributed by atoms with E-state index in [0.29, 0.717) is 0 Å². The molecule has 9 nitrogen and oxygen atoms in total. The van der Waals surface area contributed by atoms with Crippen LogP contribution in [0.25, 0.3) is 0 Å². The van der Waals surface area contributed by atoms with Crippen molar-refractivity contribution in [1.29, 1.82) is 0 Å². The Morgan fingerprint density at radius 1 is 1.29 bits per heavy atom. The van der Waals surface area contributed by atoms with Crippen LogP contribution in [0.4, 0.5) is 10.5 Å². The molecule has 0 heterocycles. The van der Waals surface area contributed by atoms with Crippen LogP contribution in [0.5, 0.6) is 0 Å². The average Bonchev–Trinajstić information content (AvgIpc) is 2.44. The average molecular weight is 318 g/mol. The van der Waals surface area contributed by atoms with E-state index >= 15 is 0 Å². The third kappa shape index (κ3) is 4.33. The predicted molar refractivity (Wildman–Crippen MR) is 72.3 cm³/mol. The molecule has 116 valence electrons. The van der Waals surface area contributed by atoms with Crippen molar-refractivity contribution >= 4 is 28.0 Å². The van der Waals surface area contributed by atoms with E-state index in [0.717, 1.165) is 11.4 Å². The van der Waals surface area contributed by atoms with Crippen molar-refractivity contribution in [3.8, 4) is 0 Å². The molecule has 0 fully saturated rings. The number of benzene rings is 1. The molecule has 0 aliphatic heterocycles. The number of methoxy groups -OCH3 is 1. The third-order valence-corrected chi connectivity index (χ3v) is 3.79. The number of nitrogens with one attached hydrogen (secondary N) is 1. The summed E-state index contributed by atoms with van der Waals surface area (Å²) in [5.41, 5.74) is 0.0616. The number of amides is 1. The Balaban J connectivity index is 3.11. The number of ether oxygens (including phenoxy) is 1. The molecule has 1 aromatic carbocycles. The predicted octanol–water partition coefficient (Wildman–Crippen LogP) is -0.216. The Kier molecular flexibility index (Phi) is 5.50. The number of carboxylic acids is 1. The molecule has 0 aliphatic rings. The van der Waals surface area contributed by atoms with Crippen LogP contribution in [0.2, 0.25) is 0 Å². The van der Waals surface area contributed by atoms with Crippen molar-refractivity contribution in [2.45, 2.75) is 0 Å². The Labute approximate surface area is 120 Å². The molecule has 0 bridgehead atoms. The number of hydrogen-bond donors (Lipinski definition) is 3. The topological polar surface area (TPSA) is 133 Å². The van der Waals surface area contributed by atoms with Gasteiger partial charge in [-0.15, -0.1) is 0 Å². The molecule has 0 aliphatic carbocycles. The smallest absolute Gasteiger partial charge is 0.422 e. The Morgan fingerprint density at radius 3 is 2.29 bits per heavy atom. The van der Waals surface area contributed by atoms with Crippen LogP contribution in [0.3, 0.4) is 0 Å². The lowest BCUT2D eigenvalue weighted by molar-refractivity contribution is 0.0697. The zero-order valence-electron chi connectivity index (χ0n) is 11.0.